The van der Waals surface area contributed by atoms with Gasteiger partial charge < -0.3 is 15.1 Å². The number of likely N-dealkylation sites (N-methyl/N-ethyl adjacent to an activating group) is 1. The van der Waals surface area contributed by atoms with Crippen LogP contribution in [0, 0.1) is 3.57 Å². The number of hydrogen-bond donors (Lipinski definition) is 1. The zero-order valence-corrected chi connectivity index (χ0v) is 14.1. The lowest BCUT2D eigenvalue weighted by Crippen LogP contribution is -2.45. The number of nitrogens with zero attached hydrogens (tertiary/aromatic N) is 2. The minimum absolute atomic E-state index is 0.0276. The average Bonchev–Trinajstić information content (AvgIpc) is 2.46. The number of hydrogen-bond acceptors (Lipinski definition) is 3. The van der Waals surface area contributed by atoms with E-state index in [1.165, 1.54) is 0 Å². The monoisotopic (exact) mass is 387 g/mol. The van der Waals surface area contributed by atoms with E-state index in [4.69, 9.17) is 0 Å². The molecule has 0 atom stereocenters. The Kier molecular flexibility index (Phi) is 6.25. The summed E-state index contributed by atoms with van der Waals surface area (Å²) in [6.45, 7) is 6.39. The van der Waals surface area contributed by atoms with Crippen LogP contribution in [-0.2, 0) is 0 Å². The molecule has 5 heteroatoms. The molecule has 1 heterocycles. The summed E-state index contributed by atoms with van der Waals surface area (Å²) in [7, 11) is 2.17. The molecule has 1 amide bonds. The number of carbonyl (C=O) groups excluding carboxylic acids is 1. The minimum Gasteiger partial charge on any atom is -0.352 e. The molecule has 110 valence electrons. The van der Waals surface area contributed by atoms with E-state index in [-0.39, 0.29) is 5.91 Å². The summed E-state index contributed by atoms with van der Waals surface area (Å²) in [5.41, 5.74) is 0.741. The zero-order valence-electron chi connectivity index (χ0n) is 11.9. The van der Waals surface area contributed by atoms with Crippen LogP contribution in [-0.4, -0.2) is 62.0 Å². The van der Waals surface area contributed by atoms with Crippen LogP contribution in [0.5, 0.6) is 0 Å². The highest BCUT2D eigenvalue weighted by Crippen LogP contribution is 2.06. The van der Waals surface area contributed by atoms with Crippen LogP contribution < -0.4 is 5.32 Å². The van der Waals surface area contributed by atoms with Crippen LogP contribution in [0.2, 0.25) is 0 Å². The molecule has 1 aliphatic rings. The van der Waals surface area contributed by atoms with Gasteiger partial charge in [0.05, 0.1) is 0 Å². The number of piperazine rings is 1. The standard InChI is InChI=1S/C15H22IN3O/c1-18-9-11-19(12-10-18)8-2-7-17-15(20)13-3-5-14(16)6-4-13/h3-6H,2,7-12H2,1H3,(H,17,20). The molecule has 0 aromatic heterocycles. The molecule has 2 rings (SSSR count). The van der Waals surface area contributed by atoms with Crippen molar-refractivity contribution in [2.24, 2.45) is 0 Å². The van der Waals surface area contributed by atoms with E-state index in [1.807, 2.05) is 24.3 Å². The second-order valence-corrected chi connectivity index (χ2v) is 6.51. The second-order valence-electron chi connectivity index (χ2n) is 5.26. The molecule has 20 heavy (non-hydrogen) atoms. The van der Waals surface area contributed by atoms with E-state index >= 15 is 0 Å². The molecule has 0 unspecified atom stereocenters. The first-order valence-corrected chi connectivity index (χ1v) is 8.18. The SMILES string of the molecule is CN1CCN(CCCNC(=O)c2ccc(I)cc2)CC1. The zero-order chi connectivity index (χ0) is 14.4. The minimum atomic E-state index is 0.0276. The van der Waals surface area contributed by atoms with E-state index in [1.54, 1.807) is 0 Å². The van der Waals surface area contributed by atoms with Crippen LogP contribution >= 0.6 is 22.6 Å². The molecular weight excluding hydrogens is 365 g/mol. The molecule has 1 aromatic carbocycles. The maximum Gasteiger partial charge on any atom is 0.251 e. The topological polar surface area (TPSA) is 35.6 Å². The first kappa shape index (κ1) is 15.7. The Labute approximate surface area is 134 Å². The van der Waals surface area contributed by atoms with Gasteiger partial charge in [0, 0.05) is 41.9 Å². The third-order valence-corrected chi connectivity index (χ3v) is 4.36. The van der Waals surface area contributed by atoms with E-state index in [2.05, 4.69) is 44.8 Å². The largest absolute Gasteiger partial charge is 0.352 e. The first-order chi connectivity index (χ1) is 9.65. The average molecular weight is 387 g/mol. The van der Waals surface area contributed by atoms with Crippen molar-refractivity contribution in [1.29, 1.82) is 0 Å². The number of benzene rings is 1. The summed E-state index contributed by atoms with van der Waals surface area (Å²) in [5, 5.41) is 2.99. The second kappa shape index (κ2) is 7.95. The van der Waals surface area contributed by atoms with E-state index in [9.17, 15) is 4.79 Å². The Morgan fingerprint density at radius 2 is 1.85 bits per heavy atom. The fraction of sp³-hybridized carbons (Fsp3) is 0.533. The quantitative estimate of drug-likeness (QED) is 0.617. The molecule has 1 fully saturated rings. The van der Waals surface area contributed by atoms with Crippen molar-refractivity contribution in [1.82, 2.24) is 15.1 Å². The maximum atomic E-state index is 11.9. The summed E-state index contributed by atoms with van der Waals surface area (Å²) in [6, 6.07) is 7.66. The predicted molar refractivity (Wildman–Crippen MR) is 90.0 cm³/mol. The fourth-order valence-corrected chi connectivity index (χ4v) is 2.64. The summed E-state index contributed by atoms with van der Waals surface area (Å²) >= 11 is 2.24. The fourth-order valence-electron chi connectivity index (χ4n) is 2.28. The Balaban J connectivity index is 1.63. The molecular formula is C15H22IN3O. The lowest BCUT2D eigenvalue weighted by molar-refractivity contribution is 0.0949. The Morgan fingerprint density at radius 3 is 2.50 bits per heavy atom. The van der Waals surface area contributed by atoms with Gasteiger partial charge in [-0.1, -0.05) is 0 Å². The molecule has 0 spiro atoms. The molecule has 0 saturated carbocycles. The Hall–Kier alpha value is -0.660. The molecule has 1 N–H and O–H groups in total. The highest BCUT2D eigenvalue weighted by Gasteiger charge is 2.13. The maximum absolute atomic E-state index is 11.9. The summed E-state index contributed by atoms with van der Waals surface area (Å²) in [5.74, 6) is 0.0276. The van der Waals surface area contributed by atoms with Crippen molar-refractivity contribution in [2.45, 2.75) is 6.42 Å². The van der Waals surface area contributed by atoms with Gasteiger partial charge in [-0.25, -0.2) is 0 Å². The number of nitrogens with one attached hydrogen (secondary N) is 1. The number of carbonyl (C=O) groups is 1. The van der Waals surface area contributed by atoms with Crippen LogP contribution in [0.25, 0.3) is 0 Å². The summed E-state index contributed by atoms with van der Waals surface area (Å²) < 4.78 is 1.15. The van der Waals surface area contributed by atoms with E-state index < -0.39 is 0 Å². The van der Waals surface area contributed by atoms with Crippen molar-refractivity contribution >= 4 is 28.5 Å². The number of halogens is 1. The molecule has 0 aliphatic carbocycles. The molecule has 1 aromatic rings. The van der Waals surface area contributed by atoms with Gasteiger partial charge in [0.2, 0.25) is 0 Å². The van der Waals surface area contributed by atoms with Gasteiger partial charge in [0.25, 0.3) is 5.91 Å². The van der Waals surface area contributed by atoms with Crippen molar-refractivity contribution in [3.8, 4) is 0 Å². The van der Waals surface area contributed by atoms with Gasteiger partial charge in [-0.15, -0.1) is 0 Å². The summed E-state index contributed by atoms with van der Waals surface area (Å²) in [4.78, 5) is 16.7. The van der Waals surface area contributed by atoms with Gasteiger partial charge in [-0.2, -0.15) is 0 Å². The Morgan fingerprint density at radius 1 is 1.20 bits per heavy atom. The van der Waals surface area contributed by atoms with Crippen LogP contribution in [0.1, 0.15) is 16.8 Å². The van der Waals surface area contributed by atoms with Gasteiger partial charge in [0.1, 0.15) is 0 Å². The molecule has 4 nitrogen and oxygen atoms in total. The van der Waals surface area contributed by atoms with E-state index in [0.717, 1.165) is 54.8 Å². The highest BCUT2D eigenvalue weighted by atomic mass is 127. The number of amides is 1. The smallest absolute Gasteiger partial charge is 0.251 e. The normalized spacial score (nSPS) is 17.1. The Bertz CT molecular complexity index is 427. The lowest BCUT2D eigenvalue weighted by Gasteiger charge is -2.32. The molecule has 0 radical (unpaired) electrons. The van der Waals surface area contributed by atoms with Crippen LogP contribution in [0.15, 0.2) is 24.3 Å². The molecule has 1 aliphatic heterocycles. The lowest BCUT2D eigenvalue weighted by atomic mass is 10.2. The van der Waals surface area contributed by atoms with Gasteiger partial charge in [0.15, 0.2) is 0 Å². The van der Waals surface area contributed by atoms with Crippen LogP contribution in [0.3, 0.4) is 0 Å². The van der Waals surface area contributed by atoms with Crippen molar-refractivity contribution in [3.63, 3.8) is 0 Å². The number of rotatable bonds is 5. The third-order valence-electron chi connectivity index (χ3n) is 3.64. The van der Waals surface area contributed by atoms with Crippen LogP contribution in [0.4, 0.5) is 0 Å². The van der Waals surface area contributed by atoms with Crippen molar-refractivity contribution in [2.75, 3.05) is 46.3 Å². The van der Waals surface area contributed by atoms with Crippen molar-refractivity contribution < 1.29 is 4.79 Å². The first-order valence-electron chi connectivity index (χ1n) is 7.10. The molecule has 0 bridgehead atoms. The van der Waals surface area contributed by atoms with Gasteiger partial charge in [-0.3, -0.25) is 4.79 Å². The van der Waals surface area contributed by atoms with Gasteiger partial charge in [-0.05, 0) is 66.9 Å². The third kappa shape index (κ3) is 5.03. The van der Waals surface area contributed by atoms with Gasteiger partial charge >= 0.3 is 0 Å². The van der Waals surface area contributed by atoms with Crippen molar-refractivity contribution in [3.05, 3.63) is 33.4 Å². The highest BCUT2D eigenvalue weighted by molar-refractivity contribution is 14.1. The predicted octanol–water partition coefficient (Wildman–Crippen LogP) is 1.66. The van der Waals surface area contributed by atoms with E-state index in [0.29, 0.717) is 0 Å². The summed E-state index contributed by atoms with van der Waals surface area (Å²) in [6.07, 6.45) is 1.01. The molecule has 1 saturated heterocycles.